The van der Waals surface area contributed by atoms with Crippen molar-refractivity contribution >= 4 is 28.2 Å². The third kappa shape index (κ3) is 2.44. The second-order valence-electron chi connectivity index (χ2n) is 5.27. The molecule has 0 spiro atoms. The Morgan fingerprint density at radius 1 is 1.00 bits per heavy atom. The molecular weight excluding hydrogens is 317 g/mol. The first kappa shape index (κ1) is 14.5. The predicted octanol–water partition coefficient (Wildman–Crippen LogP) is 4.64. The molecule has 0 aliphatic heterocycles. The minimum absolute atomic E-state index is 0.303. The molecule has 0 unspecified atom stereocenters. The van der Waals surface area contributed by atoms with Crippen molar-refractivity contribution in [1.29, 1.82) is 0 Å². The number of para-hydroxylation sites is 2. The topological polar surface area (TPSA) is 42.2 Å². The Labute approximate surface area is 134 Å². The van der Waals surface area contributed by atoms with Gasteiger partial charge in [-0.05, 0) is 30.3 Å². The summed E-state index contributed by atoms with van der Waals surface area (Å²) in [6, 6.07) is 12.5. The molecule has 1 N–H and O–H groups in total. The van der Waals surface area contributed by atoms with Crippen LogP contribution in [0.3, 0.4) is 0 Å². The van der Waals surface area contributed by atoms with Crippen molar-refractivity contribution in [3.05, 3.63) is 66.5 Å². The van der Waals surface area contributed by atoms with E-state index in [2.05, 4.69) is 15.3 Å². The first-order valence-corrected chi connectivity index (χ1v) is 7.18. The van der Waals surface area contributed by atoms with Crippen molar-refractivity contribution in [2.45, 2.75) is 6.18 Å². The van der Waals surface area contributed by atoms with Gasteiger partial charge in [-0.2, -0.15) is 13.2 Å². The number of nitrogens with one attached hydrogen (secondary N) is 1. The van der Waals surface area contributed by atoms with Gasteiger partial charge >= 0.3 is 6.18 Å². The molecule has 0 atom stereocenters. The molecule has 2 aromatic heterocycles. The summed E-state index contributed by atoms with van der Waals surface area (Å²) in [6.07, 6.45) is -0.978. The van der Waals surface area contributed by atoms with Crippen LogP contribution in [0.1, 0.15) is 5.56 Å². The highest BCUT2D eigenvalue weighted by atomic mass is 19.4. The average Bonchev–Trinajstić information content (AvgIpc) is 3.05. The predicted molar refractivity (Wildman–Crippen MR) is 85.2 cm³/mol. The van der Waals surface area contributed by atoms with Crippen molar-refractivity contribution < 1.29 is 13.2 Å². The molecule has 4 nitrogen and oxygen atoms in total. The van der Waals surface area contributed by atoms with Gasteiger partial charge in [0.15, 0.2) is 11.5 Å². The molecule has 0 saturated carbocycles. The molecule has 4 aromatic rings. The lowest BCUT2D eigenvalue weighted by Gasteiger charge is -2.12. The van der Waals surface area contributed by atoms with E-state index in [1.807, 2.05) is 28.7 Å². The van der Waals surface area contributed by atoms with Gasteiger partial charge in [0.2, 0.25) is 0 Å². The molecule has 0 saturated heterocycles. The molecule has 120 valence electrons. The average molecular weight is 328 g/mol. The van der Waals surface area contributed by atoms with Gasteiger partial charge in [0.25, 0.3) is 0 Å². The van der Waals surface area contributed by atoms with Crippen LogP contribution in [0.2, 0.25) is 0 Å². The zero-order valence-corrected chi connectivity index (χ0v) is 12.2. The van der Waals surface area contributed by atoms with Gasteiger partial charge in [-0.3, -0.25) is 4.40 Å². The number of hydrogen-bond donors (Lipinski definition) is 1. The Balaban J connectivity index is 1.83. The molecule has 2 aromatic carbocycles. The van der Waals surface area contributed by atoms with E-state index in [1.54, 1.807) is 18.5 Å². The number of alkyl halides is 3. The molecule has 7 heteroatoms. The smallest absolute Gasteiger partial charge is 0.337 e. The zero-order valence-electron chi connectivity index (χ0n) is 12.2. The van der Waals surface area contributed by atoms with Crippen LogP contribution in [0.25, 0.3) is 16.7 Å². The summed E-state index contributed by atoms with van der Waals surface area (Å²) < 4.78 is 40.4. The molecule has 0 fully saturated rings. The highest BCUT2D eigenvalue weighted by Gasteiger charge is 2.30. The molecule has 24 heavy (non-hydrogen) atoms. The Kier molecular flexibility index (Phi) is 3.16. The molecule has 0 bridgehead atoms. The number of imidazole rings is 1. The third-order valence-electron chi connectivity index (χ3n) is 3.68. The van der Waals surface area contributed by atoms with Crippen LogP contribution in [0.4, 0.5) is 24.7 Å². The number of rotatable bonds is 2. The lowest BCUT2D eigenvalue weighted by Crippen LogP contribution is -2.06. The normalized spacial score (nSPS) is 12.0. The van der Waals surface area contributed by atoms with E-state index in [1.165, 1.54) is 6.07 Å². The van der Waals surface area contributed by atoms with E-state index < -0.39 is 11.7 Å². The summed E-state index contributed by atoms with van der Waals surface area (Å²) in [7, 11) is 0. The van der Waals surface area contributed by atoms with Crippen LogP contribution in [0, 0.1) is 0 Å². The number of halogens is 3. The fourth-order valence-corrected chi connectivity index (χ4v) is 2.60. The van der Waals surface area contributed by atoms with E-state index in [0.717, 1.165) is 23.2 Å². The minimum Gasteiger partial charge on any atom is -0.337 e. The Morgan fingerprint density at radius 2 is 1.83 bits per heavy atom. The summed E-state index contributed by atoms with van der Waals surface area (Å²) in [5.74, 6) is 0.401. The summed E-state index contributed by atoms with van der Waals surface area (Å²) in [5, 5.41) is 2.94. The number of nitrogens with zero attached hydrogens (tertiary/aromatic N) is 3. The number of benzene rings is 2. The van der Waals surface area contributed by atoms with Crippen molar-refractivity contribution in [3.8, 4) is 0 Å². The molecule has 0 aliphatic rings. The summed E-state index contributed by atoms with van der Waals surface area (Å²) in [6.45, 7) is 0. The third-order valence-corrected chi connectivity index (χ3v) is 3.68. The van der Waals surface area contributed by atoms with Gasteiger partial charge < -0.3 is 5.32 Å². The van der Waals surface area contributed by atoms with Crippen LogP contribution in [-0.2, 0) is 6.18 Å². The lowest BCUT2D eigenvalue weighted by molar-refractivity contribution is -0.137. The van der Waals surface area contributed by atoms with Crippen LogP contribution in [-0.4, -0.2) is 14.4 Å². The lowest BCUT2D eigenvalue weighted by atomic mass is 10.2. The van der Waals surface area contributed by atoms with Gasteiger partial charge in [0, 0.05) is 18.1 Å². The Bertz CT molecular complexity index is 1040. The Hall–Kier alpha value is -3.09. The maximum Gasteiger partial charge on any atom is 0.416 e. The second-order valence-corrected chi connectivity index (χ2v) is 5.27. The molecule has 4 rings (SSSR count). The highest BCUT2D eigenvalue weighted by Crippen LogP contribution is 2.32. The quantitative estimate of drug-likeness (QED) is 0.583. The number of anilines is 2. The molecule has 2 heterocycles. The SMILES string of the molecule is FC(F)(F)c1cccc(Nc2nc3ccccc3n3ccnc23)c1. The van der Waals surface area contributed by atoms with Crippen molar-refractivity contribution in [3.63, 3.8) is 0 Å². The van der Waals surface area contributed by atoms with Gasteiger partial charge in [-0.1, -0.05) is 18.2 Å². The van der Waals surface area contributed by atoms with Gasteiger partial charge in [-0.15, -0.1) is 0 Å². The monoisotopic (exact) mass is 328 g/mol. The van der Waals surface area contributed by atoms with Crippen molar-refractivity contribution in [2.75, 3.05) is 5.32 Å². The van der Waals surface area contributed by atoms with E-state index in [0.29, 0.717) is 17.2 Å². The molecule has 0 amide bonds. The Morgan fingerprint density at radius 3 is 2.67 bits per heavy atom. The van der Waals surface area contributed by atoms with E-state index in [-0.39, 0.29) is 0 Å². The minimum atomic E-state index is -4.39. The van der Waals surface area contributed by atoms with Crippen LogP contribution >= 0.6 is 0 Å². The van der Waals surface area contributed by atoms with E-state index in [4.69, 9.17) is 0 Å². The van der Waals surface area contributed by atoms with Gasteiger partial charge in [0.05, 0.1) is 16.6 Å². The highest BCUT2D eigenvalue weighted by molar-refractivity contribution is 5.84. The van der Waals surface area contributed by atoms with E-state index >= 15 is 0 Å². The van der Waals surface area contributed by atoms with Gasteiger partial charge in [-0.25, -0.2) is 9.97 Å². The number of fused-ring (bicyclic) bond motifs is 3. The second kappa shape index (κ2) is 5.23. The van der Waals surface area contributed by atoms with Crippen LogP contribution in [0.5, 0.6) is 0 Å². The fraction of sp³-hybridized carbons (Fsp3) is 0.0588. The maximum absolute atomic E-state index is 12.9. The number of aromatic nitrogens is 3. The standard InChI is InChI=1S/C17H11F3N4/c18-17(19,20)11-4-3-5-12(10-11)22-15-16-21-8-9-24(16)14-7-2-1-6-13(14)23-15/h1-10H,(H,22,23). The first-order chi connectivity index (χ1) is 11.5. The summed E-state index contributed by atoms with van der Waals surface area (Å²) in [4.78, 5) is 8.74. The van der Waals surface area contributed by atoms with E-state index in [9.17, 15) is 13.2 Å². The number of hydrogen-bond acceptors (Lipinski definition) is 3. The summed E-state index contributed by atoms with van der Waals surface area (Å²) >= 11 is 0. The molecule has 0 radical (unpaired) electrons. The van der Waals surface area contributed by atoms with Crippen LogP contribution < -0.4 is 5.32 Å². The van der Waals surface area contributed by atoms with Crippen molar-refractivity contribution in [1.82, 2.24) is 14.4 Å². The first-order valence-electron chi connectivity index (χ1n) is 7.18. The molecular formula is C17H11F3N4. The van der Waals surface area contributed by atoms with Gasteiger partial charge in [0.1, 0.15) is 0 Å². The fourth-order valence-electron chi connectivity index (χ4n) is 2.60. The molecule has 0 aliphatic carbocycles. The zero-order chi connectivity index (χ0) is 16.7. The van der Waals surface area contributed by atoms with Crippen LogP contribution in [0.15, 0.2) is 60.9 Å². The largest absolute Gasteiger partial charge is 0.416 e. The van der Waals surface area contributed by atoms with Crippen molar-refractivity contribution in [2.24, 2.45) is 0 Å². The summed E-state index contributed by atoms with van der Waals surface area (Å²) in [5.41, 5.74) is 1.73. The maximum atomic E-state index is 12.9.